The van der Waals surface area contributed by atoms with E-state index >= 15 is 0 Å². The molecule has 0 saturated heterocycles. The van der Waals surface area contributed by atoms with Crippen LogP contribution in [0.4, 0.5) is 5.82 Å². The molecule has 2 rings (SSSR count). The van der Waals surface area contributed by atoms with E-state index < -0.39 is 0 Å². The third-order valence-electron chi connectivity index (χ3n) is 2.56. The van der Waals surface area contributed by atoms with Gasteiger partial charge in [-0.25, -0.2) is 4.98 Å². The fourth-order valence-corrected chi connectivity index (χ4v) is 1.55. The number of hydrogen-bond donors (Lipinski definition) is 2. The lowest BCUT2D eigenvalue weighted by atomic mass is 10.2. The van der Waals surface area contributed by atoms with Crippen molar-refractivity contribution in [1.29, 1.82) is 0 Å². The monoisotopic (exact) mass is 244 g/mol. The Bertz CT molecular complexity index is 497. The van der Waals surface area contributed by atoms with Crippen LogP contribution in [0.3, 0.4) is 0 Å². The minimum atomic E-state index is 0.0477. The van der Waals surface area contributed by atoms with Crippen molar-refractivity contribution in [2.45, 2.75) is 13.2 Å². The third-order valence-corrected chi connectivity index (χ3v) is 2.56. The van der Waals surface area contributed by atoms with Gasteiger partial charge in [0.25, 0.3) is 0 Å². The largest absolute Gasteiger partial charge is 0.487 e. The highest BCUT2D eigenvalue weighted by Gasteiger charge is 1.99. The molecule has 0 radical (unpaired) electrons. The van der Waals surface area contributed by atoms with Crippen LogP contribution in [-0.4, -0.2) is 17.1 Å². The molecule has 2 aromatic rings. The number of nitrogens with zero attached hydrogens (tertiary/aromatic N) is 1. The first-order chi connectivity index (χ1) is 8.81. The van der Waals surface area contributed by atoms with Crippen molar-refractivity contribution in [2.24, 2.45) is 0 Å². The van der Waals surface area contributed by atoms with Crippen LogP contribution in [0.2, 0.25) is 0 Å². The van der Waals surface area contributed by atoms with Crippen LogP contribution in [-0.2, 0) is 13.2 Å². The first-order valence-electron chi connectivity index (χ1n) is 5.78. The number of aromatic nitrogens is 1. The molecule has 0 fully saturated rings. The predicted molar refractivity (Wildman–Crippen MR) is 70.5 cm³/mol. The summed E-state index contributed by atoms with van der Waals surface area (Å²) in [6, 6.07) is 13.1. The van der Waals surface area contributed by atoms with Crippen molar-refractivity contribution in [2.75, 3.05) is 12.4 Å². The highest BCUT2D eigenvalue weighted by Crippen LogP contribution is 2.14. The molecule has 0 aliphatic rings. The molecule has 2 N–H and O–H groups in total. The van der Waals surface area contributed by atoms with Crippen molar-refractivity contribution in [3.05, 3.63) is 53.7 Å². The molecule has 1 aromatic carbocycles. The van der Waals surface area contributed by atoms with E-state index in [2.05, 4.69) is 10.3 Å². The van der Waals surface area contributed by atoms with Crippen LogP contribution in [0.15, 0.2) is 42.5 Å². The zero-order valence-corrected chi connectivity index (χ0v) is 10.3. The van der Waals surface area contributed by atoms with E-state index in [1.807, 2.05) is 49.5 Å². The van der Waals surface area contributed by atoms with Crippen molar-refractivity contribution in [3.8, 4) is 5.75 Å². The Kier molecular flexibility index (Phi) is 4.15. The van der Waals surface area contributed by atoms with Gasteiger partial charge >= 0.3 is 0 Å². The Morgan fingerprint density at radius 1 is 1.17 bits per heavy atom. The Morgan fingerprint density at radius 2 is 1.94 bits per heavy atom. The van der Waals surface area contributed by atoms with E-state index in [1.165, 1.54) is 0 Å². The first kappa shape index (κ1) is 12.4. The molecule has 0 atom stereocenters. The van der Waals surface area contributed by atoms with Crippen LogP contribution in [0, 0.1) is 0 Å². The molecule has 0 bridgehead atoms. The molecule has 0 aliphatic heterocycles. The van der Waals surface area contributed by atoms with Gasteiger partial charge in [0.1, 0.15) is 18.2 Å². The summed E-state index contributed by atoms with van der Waals surface area (Å²) in [5.74, 6) is 1.59. The van der Waals surface area contributed by atoms with Crippen molar-refractivity contribution >= 4 is 5.82 Å². The smallest absolute Gasteiger partial charge is 0.130 e. The molecule has 0 amide bonds. The molecule has 0 aliphatic carbocycles. The number of aliphatic hydroxyl groups is 1. The van der Waals surface area contributed by atoms with Crippen LogP contribution in [0.25, 0.3) is 0 Å². The summed E-state index contributed by atoms with van der Waals surface area (Å²) in [7, 11) is 1.83. The van der Waals surface area contributed by atoms with E-state index in [1.54, 1.807) is 0 Å². The number of benzene rings is 1. The lowest BCUT2D eigenvalue weighted by Crippen LogP contribution is -2.00. The van der Waals surface area contributed by atoms with Gasteiger partial charge < -0.3 is 15.2 Å². The van der Waals surface area contributed by atoms with Gasteiger partial charge in [-0.2, -0.15) is 0 Å². The highest BCUT2D eigenvalue weighted by atomic mass is 16.5. The molecular weight excluding hydrogens is 228 g/mol. The fraction of sp³-hybridized carbons (Fsp3) is 0.214. The second kappa shape index (κ2) is 6.02. The van der Waals surface area contributed by atoms with Crippen LogP contribution >= 0.6 is 0 Å². The summed E-state index contributed by atoms with van der Waals surface area (Å²) in [4.78, 5) is 4.36. The maximum Gasteiger partial charge on any atom is 0.130 e. The summed E-state index contributed by atoms with van der Waals surface area (Å²) >= 11 is 0. The number of nitrogens with one attached hydrogen (secondary N) is 1. The fourth-order valence-electron chi connectivity index (χ4n) is 1.55. The topological polar surface area (TPSA) is 54.4 Å². The summed E-state index contributed by atoms with van der Waals surface area (Å²) in [5, 5.41) is 11.9. The summed E-state index contributed by atoms with van der Waals surface area (Å²) in [5.41, 5.74) is 1.74. The molecule has 1 aromatic heterocycles. The van der Waals surface area contributed by atoms with Gasteiger partial charge in [0.2, 0.25) is 0 Å². The Hall–Kier alpha value is -2.07. The SMILES string of the molecule is CNc1cccc(COc2ccc(CO)cc2)n1. The van der Waals surface area contributed by atoms with Gasteiger partial charge in [0, 0.05) is 7.05 Å². The molecular formula is C14H16N2O2. The van der Waals surface area contributed by atoms with E-state index in [-0.39, 0.29) is 6.61 Å². The van der Waals surface area contributed by atoms with Crippen molar-refractivity contribution < 1.29 is 9.84 Å². The molecule has 4 heteroatoms. The predicted octanol–water partition coefficient (Wildman–Crippen LogP) is 2.19. The number of aliphatic hydroxyl groups excluding tert-OH is 1. The number of pyridine rings is 1. The van der Waals surface area contributed by atoms with Gasteiger partial charge in [-0.3, -0.25) is 0 Å². The van der Waals surface area contributed by atoms with E-state index in [4.69, 9.17) is 9.84 Å². The van der Waals surface area contributed by atoms with Gasteiger partial charge in [-0.1, -0.05) is 18.2 Å². The van der Waals surface area contributed by atoms with Gasteiger partial charge in [0.15, 0.2) is 0 Å². The summed E-state index contributed by atoms with van der Waals surface area (Å²) < 4.78 is 5.62. The van der Waals surface area contributed by atoms with Gasteiger partial charge in [-0.15, -0.1) is 0 Å². The third kappa shape index (κ3) is 3.21. The Balaban J connectivity index is 1.97. The lowest BCUT2D eigenvalue weighted by molar-refractivity contribution is 0.280. The second-order valence-corrected chi connectivity index (χ2v) is 3.85. The average molecular weight is 244 g/mol. The molecule has 0 spiro atoms. The Labute approximate surface area is 106 Å². The highest BCUT2D eigenvalue weighted by molar-refractivity contribution is 5.34. The quantitative estimate of drug-likeness (QED) is 0.846. The lowest BCUT2D eigenvalue weighted by Gasteiger charge is -2.07. The molecule has 4 nitrogen and oxygen atoms in total. The maximum absolute atomic E-state index is 8.94. The standard InChI is InChI=1S/C14H16N2O2/c1-15-14-4-2-3-12(16-14)10-18-13-7-5-11(9-17)6-8-13/h2-8,17H,9-10H2,1H3,(H,15,16). The minimum absolute atomic E-state index is 0.0477. The molecule has 18 heavy (non-hydrogen) atoms. The molecule has 1 heterocycles. The second-order valence-electron chi connectivity index (χ2n) is 3.85. The number of rotatable bonds is 5. The summed E-state index contributed by atoms with van der Waals surface area (Å²) in [6.45, 7) is 0.472. The van der Waals surface area contributed by atoms with Crippen molar-refractivity contribution in [3.63, 3.8) is 0 Å². The molecule has 0 unspecified atom stereocenters. The molecule has 94 valence electrons. The number of anilines is 1. The van der Waals surface area contributed by atoms with Crippen LogP contribution in [0.1, 0.15) is 11.3 Å². The van der Waals surface area contributed by atoms with E-state index in [0.717, 1.165) is 22.8 Å². The first-order valence-corrected chi connectivity index (χ1v) is 5.78. The van der Waals surface area contributed by atoms with E-state index in [0.29, 0.717) is 6.61 Å². The van der Waals surface area contributed by atoms with E-state index in [9.17, 15) is 0 Å². The zero-order valence-electron chi connectivity index (χ0n) is 10.3. The Morgan fingerprint density at radius 3 is 2.61 bits per heavy atom. The van der Waals surface area contributed by atoms with Crippen molar-refractivity contribution in [1.82, 2.24) is 4.98 Å². The number of hydrogen-bond acceptors (Lipinski definition) is 4. The normalized spacial score (nSPS) is 10.1. The van der Waals surface area contributed by atoms with Crippen LogP contribution < -0.4 is 10.1 Å². The summed E-state index contributed by atoms with van der Waals surface area (Å²) in [6.07, 6.45) is 0. The zero-order chi connectivity index (χ0) is 12.8. The molecule has 0 saturated carbocycles. The average Bonchev–Trinajstić information content (AvgIpc) is 2.46. The minimum Gasteiger partial charge on any atom is -0.487 e. The maximum atomic E-state index is 8.94. The van der Waals surface area contributed by atoms with Gasteiger partial charge in [0.05, 0.1) is 12.3 Å². The van der Waals surface area contributed by atoms with Gasteiger partial charge in [-0.05, 0) is 29.8 Å². The number of ether oxygens (including phenoxy) is 1. The van der Waals surface area contributed by atoms with Crippen LogP contribution in [0.5, 0.6) is 5.75 Å².